The van der Waals surface area contributed by atoms with Crippen LogP contribution in [0.4, 0.5) is 11.4 Å². The summed E-state index contributed by atoms with van der Waals surface area (Å²) in [6.07, 6.45) is 1.72. The highest BCUT2D eigenvalue weighted by atomic mass is 32.2. The van der Waals surface area contributed by atoms with Crippen molar-refractivity contribution in [3.05, 3.63) is 83.9 Å². The van der Waals surface area contributed by atoms with Crippen molar-refractivity contribution in [3.63, 3.8) is 0 Å². The number of methoxy groups -OCH3 is 1. The standard InChI is InChI=1S/C26H29N3O4S/c1-19-10-11-22(17-25(19)34(31,32)28-21-12-14-23(33-2)15-13-21)27-26(30)24-9-6-16-29(24)18-20-7-4-3-5-8-20/h3-5,7-8,10-15,17,24,28H,6,9,16,18H2,1-2H3,(H,27,30). The number of anilines is 2. The average Bonchev–Trinajstić information content (AvgIpc) is 3.29. The van der Waals surface area contributed by atoms with E-state index in [1.54, 1.807) is 50.4 Å². The molecule has 0 bridgehead atoms. The maximum atomic E-state index is 13.1. The quantitative estimate of drug-likeness (QED) is 0.500. The Labute approximate surface area is 200 Å². The predicted octanol–water partition coefficient (Wildman–Crippen LogP) is 4.41. The van der Waals surface area contributed by atoms with Gasteiger partial charge in [0.2, 0.25) is 5.91 Å². The number of rotatable bonds is 8. The van der Waals surface area contributed by atoms with Crippen molar-refractivity contribution in [2.45, 2.75) is 37.2 Å². The van der Waals surface area contributed by atoms with E-state index in [0.29, 0.717) is 29.2 Å². The van der Waals surface area contributed by atoms with E-state index in [-0.39, 0.29) is 16.8 Å². The van der Waals surface area contributed by atoms with E-state index in [1.165, 1.54) is 6.07 Å². The molecule has 0 radical (unpaired) electrons. The molecule has 1 atom stereocenters. The van der Waals surface area contributed by atoms with Gasteiger partial charge in [0.1, 0.15) is 5.75 Å². The average molecular weight is 480 g/mol. The lowest BCUT2D eigenvalue weighted by Gasteiger charge is -2.24. The highest BCUT2D eigenvalue weighted by Crippen LogP contribution is 2.26. The summed E-state index contributed by atoms with van der Waals surface area (Å²) in [4.78, 5) is 15.4. The summed E-state index contributed by atoms with van der Waals surface area (Å²) in [7, 11) is -2.29. The van der Waals surface area contributed by atoms with E-state index < -0.39 is 10.0 Å². The van der Waals surface area contributed by atoms with Gasteiger partial charge in [-0.2, -0.15) is 0 Å². The molecule has 178 valence electrons. The highest BCUT2D eigenvalue weighted by Gasteiger charge is 2.31. The molecule has 7 nitrogen and oxygen atoms in total. The number of benzene rings is 3. The molecule has 3 aromatic carbocycles. The molecule has 0 aliphatic carbocycles. The fraction of sp³-hybridized carbons (Fsp3) is 0.269. The molecule has 0 saturated carbocycles. The Morgan fingerprint density at radius 2 is 1.74 bits per heavy atom. The van der Waals surface area contributed by atoms with Gasteiger partial charge in [0.15, 0.2) is 0 Å². The highest BCUT2D eigenvalue weighted by molar-refractivity contribution is 7.92. The van der Waals surface area contributed by atoms with Crippen LogP contribution in [-0.4, -0.2) is 38.9 Å². The Morgan fingerprint density at radius 1 is 1.03 bits per heavy atom. The fourth-order valence-corrected chi connectivity index (χ4v) is 5.52. The number of likely N-dealkylation sites (tertiary alicyclic amines) is 1. The number of sulfonamides is 1. The summed E-state index contributed by atoms with van der Waals surface area (Å²) < 4.78 is 33.8. The van der Waals surface area contributed by atoms with E-state index in [9.17, 15) is 13.2 Å². The minimum Gasteiger partial charge on any atom is -0.497 e. The van der Waals surface area contributed by atoms with Gasteiger partial charge in [-0.25, -0.2) is 8.42 Å². The number of carbonyl (C=O) groups is 1. The first-order chi connectivity index (χ1) is 16.4. The number of nitrogens with one attached hydrogen (secondary N) is 2. The molecule has 34 heavy (non-hydrogen) atoms. The minimum absolute atomic E-state index is 0.119. The van der Waals surface area contributed by atoms with Crippen LogP contribution in [0.25, 0.3) is 0 Å². The molecule has 1 saturated heterocycles. The lowest BCUT2D eigenvalue weighted by molar-refractivity contribution is -0.120. The van der Waals surface area contributed by atoms with Crippen molar-refractivity contribution < 1.29 is 17.9 Å². The molecule has 3 aromatic rings. The van der Waals surface area contributed by atoms with E-state index in [0.717, 1.165) is 24.9 Å². The predicted molar refractivity (Wildman–Crippen MR) is 133 cm³/mol. The van der Waals surface area contributed by atoms with E-state index >= 15 is 0 Å². The normalized spacial score (nSPS) is 16.2. The van der Waals surface area contributed by atoms with Crippen LogP contribution < -0.4 is 14.8 Å². The van der Waals surface area contributed by atoms with Gasteiger partial charge in [0.25, 0.3) is 10.0 Å². The van der Waals surface area contributed by atoms with Crippen LogP contribution in [0.1, 0.15) is 24.0 Å². The molecule has 1 unspecified atom stereocenters. The van der Waals surface area contributed by atoms with Crippen LogP contribution in [0.2, 0.25) is 0 Å². The topological polar surface area (TPSA) is 87.7 Å². The summed E-state index contributed by atoms with van der Waals surface area (Å²) >= 11 is 0. The number of aryl methyl sites for hydroxylation is 1. The van der Waals surface area contributed by atoms with Crippen LogP contribution in [0.3, 0.4) is 0 Å². The first-order valence-electron chi connectivity index (χ1n) is 11.2. The van der Waals surface area contributed by atoms with E-state index in [4.69, 9.17) is 4.74 Å². The Kier molecular flexibility index (Phi) is 7.19. The molecular formula is C26H29N3O4S. The zero-order valence-electron chi connectivity index (χ0n) is 19.3. The fourth-order valence-electron chi connectivity index (χ4n) is 4.19. The van der Waals surface area contributed by atoms with E-state index in [2.05, 4.69) is 27.1 Å². The Morgan fingerprint density at radius 3 is 2.44 bits per heavy atom. The van der Waals surface area contributed by atoms with Gasteiger partial charge in [0, 0.05) is 17.9 Å². The van der Waals surface area contributed by atoms with Crippen molar-refractivity contribution in [1.29, 1.82) is 0 Å². The number of ether oxygens (including phenoxy) is 1. The summed E-state index contributed by atoms with van der Waals surface area (Å²) in [5.41, 5.74) is 2.63. The summed E-state index contributed by atoms with van der Waals surface area (Å²) in [6, 6.07) is 21.4. The summed E-state index contributed by atoms with van der Waals surface area (Å²) in [6.45, 7) is 3.29. The Hall–Kier alpha value is -3.36. The third kappa shape index (κ3) is 5.58. The zero-order valence-corrected chi connectivity index (χ0v) is 20.1. The SMILES string of the molecule is COc1ccc(NS(=O)(=O)c2cc(NC(=O)C3CCCN3Cc3ccccc3)ccc2C)cc1. The maximum Gasteiger partial charge on any atom is 0.262 e. The number of carbonyl (C=O) groups excluding carboxylic acids is 1. The van der Waals surface area contributed by atoms with Crippen molar-refractivity contribution in [2.75, 3.05) is 23.7 Å². The first kappa shape index (κ1) is 23.8. The number of hydrogen-bond acceptors (Lipinski definition) is 5. The number of amides is 1. The first-order valence-corrected chi connectivity index (χ1v) is 12.7. The zero-order chi connectivity index (χ0) is 24.1. The van der Waals surface area contributed by atoms with Gasteiger partial charge >= 0.3 is 0 Å². The van der Waals surface area contributed by atoms with Crippen LogP contribution in [0.15, 0.2) is 77.7 Å². The van der Waals surface area contributed by atoms with Crippen molar-refractivity contribution in [2.24, 2.45) is 0 Å². The van der Waals surface area contributed by atoms with Crippen molar-refractivity contribution in [1.82, 2.24) is 4.90 Å². The summed E-state index contributed by atoms with van der Waals surface area (Å²) in [5.74, 6) is 0.515. The van der Waals surface area contributed by atoms with E-state index in [1.807, 2.05) is 18.2 Å². The second kappa shape index (κ2) is 10.3. The van der Waals surface area contributed by atoms with Gasteiger partial charge in [0.05, 0.1) is 18.0 Å². The van der Waals surface area contributed by atoms with Crippen LogP contribution >= 0.6 is 0 Å². The van der Waals surface area contributed by atoms with Crippen LogP contribution in [0, 0.1) is 6.92 Å². The van der Waals surface area contributed by atoms with Crippen molar-refractivity contribution in [3.8, 4) is 5.75 Å². The molecular weight excluding hydrogens is 450 g/mol. The van der Waals surface area contributed by atoms with Gasteiger partial charge in [-0.05, 0) is 73.8 Å². The molecule has 1 fully saturated rings. The molecule has 2 N–H and O–H groups in total. The number of hydrogen-bond donors (Lipinski definition) is 2. The van der Waals surface area contributed by atoms with Gasteiger partial charge < -0.3 is 10.1 Å². The molecule has 1 heterocycles. The number of nitrogens with zero attached hydrogens (tertiary/aromatic N) is 1. The molecule has 0 aromatic heterocycles. The molecule has 8 heteroatoms. The van der Waals surface area contributed by atoms with Crippen LogP contribution in [-0.2, 0) is 21.4 Å². The molecule has 4 rings (SSSR count). The lowest BCUT2D eigenvalue weighted by atomic mass is 10.1. The van der Waals surface area contributed by atoms with Gasteiger partial charge in [-0.3, -0.25) is 14.4 Å². The molecule has 0 spiro atoms. The van der Waals surface area contributed by atoms with Crippen molar-refractivity contribution >= 4 is 27.3 Å². The second-order valence-electron chi connectivity index (χ2n) is 8.42. The molecule has 1 amide bonds. The largest absolute Gasteiger partial charge is 0.497 e. The molecule has 1 aliphatic rings. The third-order valence-corrected chi connectivity index (χ3v) is 7.51. The maximum absolute atomic E-state index is 13.1. The smallest absolute Gasteiger partial charge is 0.262 e. The Balaban J connectivity index is 1.48. The minimum atomic E-state index is -3.84. The monoisotopic (exact) mass is 479 g/mol. The Bertz CT molecular complexity index is 1240. The van der Waals surface area contributed by atoms with Gasteiger partial charge in [-0.15, -0.1) is 0 Å². The second-order valence-corrected chi connectivity index (χ2v) is 10.1. The van der Waals surface area contributed by atoms with Crippen LogP contribution in [0.5, 0.6) is 5.75 Å². The van der Waals surface area contributed by atoms with Gasteiger partial charge in [-0.1, -0.05) is 36.4 Å². The molecule has 1 aliphatic heterocycles. The lowest BCUT2D eigenvalue weighted by Crippen LogP contribution is -2.39. The summed E-state index contributed by atoms with van der Waals surface area (Å²) in [5, 5.41) is 2.93. The third-order valence-electron chi connectivity index (χ3n) is 5.98.